The van der Waals surface area contributed by atoms with Gasteiger partial charge in [0.15, 0.2) is 0 Å². The molecular weight excluding hydrogens is 284 g/mol. The highest BCUT2D eigenvalue weighted by Gasteiger charge is 2.51. The van der Waals surface area contributed by atoms with Gasteiger partial charge in [-0.2, -0.15) is 0 Å². The molecule has 2 heterocycles. The maximum Gasteiger partial charge on any atom is 0.410 e. The number of ether oxygens (including phenoxy) is 2. The van der Waals surface area contributed by atoms with Gasteiger partial charge in [-0.15, -0.1) is 0 Å². The highest BCUT2D eigenvalue weighted by molar-refractivity contribution is 5.78. The van der Waals surface area contributed by atoms with E-state index in [0.717, 1.165) is 13.0 Å². The van der Waals surface area contributed by atoms with E-state index in [2.05, 4.69) is 5.32 Å². The van der Waals surface area contributed by atoms with Crippen LogP contribution in [0.15, 0.2) is 0 Å². The van der Waals surface area contributed by atoms with Crippen LogP contribution in [-0.4, -0.2) is 55.3 Å². The molecule has 1 N–H and O–H groups in total. The Balaban J connectivity index is 2.07. The Labute approximate surface area is 132 Å². The molecule has 0 bridgehead atoms. The van der Waals surface area contributed by atoms with Gasteiger partial charge in [0, 0.05) is 19.6 Å². The summed E-state index contributed by atoms with van der Waals surface area (Å²) in [6.07, 6.45) is 1.13. The maximum atomic E-state index is 12.5. The van der Waals surface area contributed by atoms with Crippen LogP contribution in [0, 0.1) is 11.3 Å². The highest BCUT2D eigenvalue weighted by Crippen LogP contribution is 2.41. The van der Waals surface area contributed by atoms with Crippen molar-refractivity contribution in [2.24, 2.45) is 11.3 Å². The van der Waals surface area contributed by atoms with Crippen molar-refractivity contribution in [3.63, 3.8) is 0 Å². The second-order valence-corrected chi connectivity index (χ2v) is 7.21. The lowest BCUT2D eigenvalue weighted by Gasteiger charge is -2.30. The molecule has 2 unspecified atom stereocenters. The summed E-state index contributed by atoms with van der Waals surface area (Å²) in [5.74, 6) is 0.0926. The van der Waals surface area contributed by atoms with E-state index >= 15 is 0 Å². The van der Waals surface area contributed by atoms with Crippen molar-refractivity contribution in [3.05, 3.63) is 0 Å². The average molecular weight is 312 g/mol. The van der Waals surface area contributed by atoms with E-state index in [-0.39, 0.29) is 18.0 Å². The van der Waals surface area contributed by atoms with Crippen LogP contribution >= 0.6 is 0 Å². The van der Waals surface area contributed by atoms with Crippen molar-refractivity contribution in [1.29, 1.82) is 0 Å². The number of carbonyl (C=O) groups is 2. The lowest BCUT2D eigenvalue weighted by molar-refractivity contribution is -0.157. The number of nitrogens with zero attached hydrogens (tertiary/aromatic N) is 1. The fraction of sp³-hybridized carbons (Fsp3) is 0.875. The molecule has 2 saturated heterocycles. The van der Waals surface area contributed by atoms with Gasteiger partial charge in [-0.3, -0.25) is 4.79 Å². The SMILES string of the molecule is CCOC(=O)C12CCN(C(=O)OC(C)(C)C)CCC1CNC2. The van der Waals surface area contributed by atoms with E-state index in [4.69, 9.17) is 9.47 Å². The number of carbonyl (C=O) groups excluding carboxylic acids is 2. The van der Waals surface area contributed by atoms with Crippen LogP contribution in [-0.2, 0) is 14.3 Å². The van der Waals surface area contributed by atoms with E-state index in [9.17, 15) is 9.59 Å². The Bertz CT molecular complexity index is 432. The highest BCUT2D eigenvalue weighted by atomic mass is 16.6. The Morgan fingerprint density at radius 3 is 2.68 bits per heavy atom. The summed E-state index contributed by atoms with van der Waals surface area (Å²) in [5, 5.41) is 3.32. The molecule has 0 aromatic rings. The molecule has 22 heavy (non-hydrogen) atoms. The molecule has 2 aliphatic heterocycles. The first kappa shape index (κ1) is 17.1. The molecule has 0 aromatic heterocycles. The van der Waals surface area contributed by atoms with Crippen molar-refractivity contribution in [2.75, 3.05) is 32.8 Å². The van der Waals surface area contributed by atoms with Crippen LogP contribution < -0.4 is 5.32 Å². The average Bonchev–Trinajstić information content (AvgIpc) is 2.72. The molecule has 0 spiro atoms. The van der Waals surface area contributed by atoms with Gasteiger partial charge in [-0.25, -0.2) is 4.79 Å². The first-order valence-electron chi connectivity index (χ1n) is 8.14. The molecular formula is C16H28N2O4. The fourth-order valence-electron chi connectivity index (χ4n) is 3.36. The molecule has 0 aliphatic carbocycles. The molecule has 0 aromatic carbocycles. The van der Waals surface area contributed by atoms with Crippen LogP contribution in [0.1, 0.15) is 40.5 Å². The minimum absolute atomic E-state index is 0.129. The summed E-state index contributed by atoms with van der Waals surface area (Å²) in [7, 11) is 0. The Morgan fingerprint density at radius 2 is 2.05 bits per heavy atom. The van der Waals surface area contributed by atoms with E-state index in [1.165, 1.54) is 0 Å². The Kier molecular flexibility index (Phi) is 5.00. The molecule has 6 heteroatoms. The molecule has 0 saturated carbocycles. The van der Waals surface area contributed by atoms with Gasteiger partial charge in [0.25, 0.3) is 0 Å². The quantitative estimate of drug-likeness (QED) is 0.787. The number of hydrogen-bond acceptors (Lipinski definition) is 5. The molecule has 126 valence electrons. The van der Waals surface area contributed by atoms with E-state index in [0.29, 0.717) is 32.7 Å². The van der Waals surface area contributed by atoms with Crippen LogP contribution in [0.3, 0.4) is 0 Å². The zero-order valence-corrected chi connectivity index (χ0v) is 14.1. The summed E-state index contributed by atoms with van der Waals surface area (Å²) >= 11 is 0. The number of likely N-dealkylation sites (tertiary alicyclic amines) is 1. The molecule has 2 aliphatic rings. The first-order chi connectivity index (χ1) is 10.3. The van der Waals surface area contributed by atoms with Gasteiger partial charge in [0.1, 0.15) is 5.60 Å². The summed E-state index contributed by atoms with van der Waals surface area (Å²) in [4.78, 5) is 26.4. The lowest BCUT2D eigenvalue weighted by Crippen LogP contribution is -2.41. The number of rotatable bonds is 2. The van der Waals surface area contributed by atoms with Crippen molar-refractivity contribution >= 4 is 12.1 Å². The van der Waals surface area contributed by atoms with Crippen molar-refractivity contribution in [3.8, 4) is 0 Å². The largest absolute Gasteiger partial charge is 0.466 e. The van der Waals surface area contributed by atoms with Gasteiger partial charge in [0.2, 0.25) is 0 Å². The molecule has 1 amide bonds. The van der Waals surface area contributed by atoms with Gasteiger partial charge >= 0.3 is 12.1 Å². The third kappa shape index (κ3) is 3.54. The summed E-state index contributed by atoms with van der Waals surface area (Å²) in [6.45, 7) is 10.4. The summed E-state index contributed by atoms with van der Waals surface area (Å²) in [5.41, 5.74) is -0.994. The molecule has 2 atom stereocenters. The smallest absolute Gasteiger partial charge is 0.410 e. The molecule has 6 nitrogen and oxygen atoms in total. The minimum Gasteiger partial charge on any atom is -0.466 e. The zero-order chi connectivity index (χ0) is 16.4. The Morgan fingerprint density at radius 1 is 1.32 bits per heavy atom. The molecule has 2 rings (SSSR count). The summed E-state index contributed by atoms with van der Waals surface area (Å²) in [6, 6.07) is 0. The van der Waals surface area contributed by atoms with Gasteiger partial charge in [-0.05, 0) is 53.0 Å². The third-order valence-electron chi connectivity index (χ3n) is 4.52. The maximum absolute atomic E-state index is 12.5. The molecule has 0 radical (unpaired) electrons. The Hall–Kier alpha value is -1.30. The van der Waals surface area contributed by atoms with E-state index < -0.39 is 11.0 Å². The third-order valence-corrected chi connectivity index (χ3v) is 4.52. The molecule has 2 fully saturated rings. The van der Waals surface area contributed by atoms with Crippen LogP contribution in [0.2, 0.25) is 0 Å². The van der Waals surface area contributed by atoms with E-state index in [1.807, 2.05) is 27.7 Å². The second kappa shape index (κ2) is 6.44. The minimum atomic E-state index is -0.500. The second-order valence-electron chi connectivity index (χ2n) is 7.21. The zero-order valence-electron chi connectivity index (χ0n) is 14.1. The fourth-order valence-corrected chi connectivity index (χ4v) is 3.36. The number of fused-ring (bicyclic) bond motifs is 1. The lowest BCUT2D eigenvalue weighted by atomic mass is 9.74. The number of esters is 1. The topological polar surface area (TPSA) is 67.9 Å². The normalized spacial score (nSPS) is 28.7. The predicted octanol–water partition coefficient (Wildman–Crippen LogP) is 1.79. The number of nitrogens with one attached hydrogen (secondary N) is 1. The number of amides is 1. The van der Waals surface area contributed by atoms with Crippen LogP contribution in [0.5, 0.6) is 0 Å². The monoisotopic (exact) mass is 312 g/mol. The van der Waals surface area contributed by atoms with Crippen molar-refractivity contribution in [2.45, 2.75) is 46.1 Å². The van der Waals surface area contributed by atoms with Gasteiger partial charge in [0.05, 0.1) is 12.0 Å². The standard InChI is InChI=1S/C16H28N2O4/c1-5-21-13(19)16-7-9-18(14(20)22-15(2,3)4)8-6-12(16)10-17-11-16/h12,17H,5-11H2,1-4H3. The van der Waals surface area contributed by atoms with Gasteiger partial charge < -0.3 is 19.7 Å². The first-order valence-corrected chi connectivity index (χ1v) is 8.14. The van der Waals surface area contributed by atoms with Crippen LogP contribution in [0.4, 0.5) is 4.79 Å². The summed E-state index contributed by atoms with van der Waals surface area (Å²) < 4.78 is 10.8. The predicted molar refractivity (Wildman–Crippen MR) is 82.5 cm³/mol. The van der Waals surface area contributed by atoms with Gasteiger partial charge in [-0.1, -0.05) is 0 Å². The van der Waals surface area contributed by atoms with Crippen LogP contribution in [0.25, 0.3) is 0 Å². The number of hydrogen-bond donors (Lipinski definition) is 1. The van der Waals surface area contributed by atoms with E-state index in [1.54, 1.807) is 4.90 Å². The van der Waals surface area contributed by atoms with Crippen molar-refractivity contribution in [1.82, 2.24) is 10.2 Å². The van der Waals surface area contributed by atoms with Crippen molar-refractivity contribution < 1.29 is 19.1 Å².